The monoisotopic (exact) mass is 383 g/mol. The molecule has 0 aliphatic rings. The fraction of sp³-hybridized carbons (Fsp3) is 0. The smallest absolute Gasteiger partial charge is 0 e. The van der Waals surface area contributed by atoms with Crippen molar-refractivity contribution in [3.05, 3.63) is 0 Å². The van der Waals surface area contributed by atoms with E-state index in [1.807, 2.05) is 0 Å². The van der Waals surface area contributed by atoms with Crippen LogP contribution >= 0.6 is 0 Å². The standard InChI is InChI=1S/Ce.In.Se.Ti. The zero-order valence-electron chi connectivity index (χ0n) is 1.99. The van der Waals surface area contributed by atoms with E-state index < -0.39 is 0 Å². The fourth-order valence-electron chi connectivity index (χ4n) is 0. The third kappa shape index (κ3) is 9.08. The molecule has 0 N–H and O–H groups in total. The Kier molecular flexibility index (Phi) is 104. The first-order chi connectivity index (χ1) is 0. The van der Waals surface area contributed by atoms with Crippen LogP contribution < -0.4 is 0 Å². The van der Waals surface area contributed by atoms with Crippen LogP contribution in [0.2, 0.25) is 0 Å². The normalized spacial score (nSPS) is 0. The Labute approximate surface area is 104 Å². The van der Waals surface area contributed by atoms with E-state index in [1.165, 1.54) is 0 Å². The van der Waals surface area contributed by atoms with Gasteiger partial charge < -0.3 is 0 Å². The second kappa shape index (κ2) is 16.1. The van der Waals surface area contributed by atoms with Crippen molar-refractivity contribution in [2.24, 2.45) is 0 Å². The molecule has 0 aromatic heterocycles. The maximum absolute atomic E-state index is 0. The second-order valence-electron chi connectivity index (χ2n) is 0. The molecule has 17 valence electrons. The summed E-state index contributed by atoms with van der Waals surface area (Å²) in [7, 11) is 0. The van der Waals surface area contributed by atoms with Gasteiger partial charge in [0, 0.05) is 106 Å². The summed E-state index contributed by atoms with van der Waals surface area (Å²) < 4.78 is 0. The number of hydrogen-bond acceptors (Lipinski definition) is 0. The number of hydrogen-bond donors (Lipinski definition) is 0. The van der Waals surface area contributed by atoms with Crippen molar-refractivity contribution in [3.63, 3.8) is 0 Å². The van der Waals surface area contributed by atoms with Gasteiger partial charge in [-0.15, -0.1) is 0 Å². The van der Waals surface area contributed by atoms with Crippen molar-refractivity contribution in [1.29, 1.82) is 0 Å². The molecule has 0 rings (SSSR count). The molecule has 5 radical (unpaired) electrons. The van der Waals surface area contributed by atoms with Crippen LogP contribution in [0, 0.1) is 41.7 Å². The van der Waals surface area contributed by atoms with E-state index in [2.05, 4.69) is 0 Å². The molecule has 0 saturated carbocycles. The Hall–Kier alpha value is 3.48. The van der Waals surface area contributed by atoms with Crippen LogP contribution in [-0.4, -0.2) is 42.9 Å². The zero-order valence-corrected chi connectivity index (χ0v) is 11.7. The second-order valence-corrected chi connectivity index (χ2v) is 0. The molecule has 0 aliphatic carbocycles. The Bertz CT molecular complexity index is 8.00. The van der Waals surface area contributed by atoms with Crippen LogP contribution in [0.25, 0.3) is 0 Å². The van der Waals surface area contributed by atoms with Gasteiger partial charge in [-0.2, -0.15) is 0 Å². The minimum Gasteiger partial charge on any atom is 0 e. The van der Waals surface area contributed by atoms with Gasteiger partial charge in [0.1, 0.15) is 0 Å². The maximum atomic E-state index is 0. The van der Waals surface area contributed by atoms with Crippen molar-refractivity contribution in [2.45, 2.75) is 0 Å². The summed E-state index contributed by atoms with van der Waals surface area (Å²) in [5.41, 5.74) is 0. The fourth-order valence-corrected chi connectivity index (χ4v) is 0. The van der Waals surface area contributed by atoms with Crippen LogP contribution in [0.4, 0.5) is 0 Å². The van der Waals surface area contributed by atoms with Crippen molar-refractivity contribution in [1.82, 2.24) is 0 Å². The van der Waals surface area contributed by atoms with E-state index >= 15 is 0 Å². The molecule has 0 heterocycles. The zero-order chi connectivity index (χ0) is 0. The van der Waals surface area contributed by atoms with Crippen molar-refractivity contribution in [2.75, 3.05) is 0 Å². The van der Waals surface area contributed by atoms with Crippen molar-refractivity contribution < 1.29 is 63.5 Å². The Balaban J connectivity index is 0. The minimum atomic E-state index is 0. The summed E-state index contributed by atoms with van der Waals surface area (Å²) in [6.07, 6.45) is 0. The van der Waals surface area contributed by atoms with Crippen LogP contribution in [0.5, 0.6) is 0 Å². The molecule has 0 spiro atoms. The molecule has 0 bridgehead atoms. The molecule has 0 fully saturated rings. The van der Waals surface area contributed by atoms with Gasteiger partial charge in [0.05, 0.1) is 0 Å². The maximum Gasteiger partial charge on any atom is 0 e. The van der Waals surface area contributed by atoms with Crippen LogP contribution in [0.3, 0.4) is 0 Å². The van der Waals surface area contributed by atoms with Gasteiger partial charge in [0.15, 0.2) is 0 Å². The van der Waals surface area contributed by atoms with Crippen molar-refractivity contribution >= 4 is 42.9 Å². The molecule has 0 atom stereocenters. The molecule has 0 aliphatic heterocycles. The summed E-state index contributed by atoms with van der Waals surface area (Å²) in [6, 6.07) is 0. The van der Waals surface area contributed by atoms with Crippen LogP contribution in [0.1, 0.15) is 0 Å². The van der Waals surface area contributed by atoms with Gasteiger partial charge in [-0.05, 0) is 0 Å². The minimum absolute atomic E-state index is 0. The Morgan fingerprint density at radius 1 is 1.00 bits per heavy atom. The van der Waals surface area contributed by atoms with E-state index in [4.69, 9.17) is 0 Å². The van der Waals surface area contributed by atoms with E-state index in [0.29, 0.717) is 0 Å². The molecule has 0 amide bonds. The van der Waals surface area contributed by atoms with Crippen LogP contribution in [-0.2, 0) is 21.7 Å². The quantitative estimate of drug-likeness (QED) is 0.484. The van der Waals surface area contributed by atoms with E-state index in [0.717, 1.165) is 0 Å². The summed E-state index contributed by atoms with van der Waals surface area (Å²) in [5.74, 6) is 0. The first-order valence-corrected chi connectivity index (χ1v) is 0. The van der Waals surface area contributed by atoms with E-state index in [9.17, 15) is 0 Å². The Morgan fingerprint density at radius 3 is 1.00 bits per heavy atom. The van der Waals surface area contributed by atoms with Gasteiger partial charge >= 0.3 is 0 Å². The Morgan fingerprint density at radius 2 is 1.00 bits per heavy atom. The SMILES string of the molecule is [Ce].[In].[Se].[Ti]. The van der Waals surface area contributed by atoms with Crippen molar-refractivity contribution in [3.8, 4) is 0 Å². The molecular formula is CeInSeTi. The predicted molar refractivity (Wildman–Crippen MR) is 11.5 cm³/mol. The van der Waals surface area contributed by atoms with Gasteiger partial charge in [-0.3, -0.25) is 0 Å². The van der Waals surface area contributed by atoms with Gasteiger partial charge in [0.2, 0.25) is 0 Å². The average Bonchev–Trinajstić information content (AvgIpc) is 0. The molecule has 0 unspecified atom stereocenters. The van der Waals surface area contributed by atoms with Crippen LogP contribution in [0.15, 0.2) is 0 Å². The molecule has 0 saturated heterocycles. The summed E-state index contributed by atoms with van der Waals surface area (Å²) in [4.78, 5) is 0. The first-order valence-electron chi connectivity index (χ1n) is 0. The molecule has 0 aromatic rings. The average molecular weight is 382 g/mol. The van der Waals surface area contributed by atoms with Gasteiger partial charge in [0.25, 0.3) is 0 Å². The predicted octanol–water partition coefficient (Wildman–Crippen LogP) is -0.764. The van der Waals surface area contributed by atoms with Gasteiger partial charge in [-0.1, -0.05) is 0 Å². The molecular weight excluding hydrogens is 382 g/mol. The molecule has 4 heavy (non-hydrogen) atoms. The third-order valence-electron chi connectivity index (χ3n) is 0. The summed E-state index contributed by atoms with van der Waals surface area (Å²) >= 11 is 0. The third-order valence-corrected chi connectivity index (χ3v) is 0. The molecule has 4 heteroatoms. The topological polar surface area (TPSA) is 0 Å². The summed E-state index contributed by atoms with van der Waals surface area (Å²) in [6.45, 7) is 0. The van der Waals surface area contributed by atoms with E-state index in [-0.39, 0.29) is 106 Å². The molecule has 0 nitrogen and oxygen atoms in total. The van der Waals surface area contributed by atoms with Gasteiger partial charge in [-0.25, -0.2) is 0 Å². The first kappa shape index (κ1) is 25.9. The largest absolute Gasteiger partial charge is 0 e. The summed E-state index contributed by atoms with van der Waals surface area (Å²) in [5, 5.41) is 0. The van der Waals surface area contributed by atoms with E-state index in [1.54, 1.807) is 0 Å². The number of rotatable bonds is 0. The molecule has 0 aromatic carbocycles.